The van der Waals surface area contributed by atoms with Crippen molar-refractivity contribution >= 4 is 0 Å². The summed E-state index contributed by atoms with van der Waals surface area (Å²) in [4.78, 5) is 2.70. The van der Waals surface area contributed by atoms with Gasteiger partial charge in [-0.05, 0) is 25.3 Å². The van der Waals surface area contributed by atoms with E-state index in [0.29, 0.717) is 6.04 Å². The number of likely N-dealkylation sites (N-methyl/N-ethyl adjacent to an activating group) is 1. The first kappa shape index (κ1) is 15.9. The van der Waals surface area contributed by atoms with Gasteiger partial charge in [0.05, 0.1) is 6.61 Å². The molecule has 1 aliphatic carbocycles. The molecular formula is C15H32N2O. The van der Waals surface area contributed by atoms with Gasteiger partial charge in [0.1, 0.15) is 0 Å². The van der Waals surface area contributed by atoms with Crippen molar-refractivity contribution in [1.29, 1.82) is 0 Å². The molecule has 0 aromatic carbocycles. The van der Waals surface area contributed by atoms with E-state index in [0.717, 1.165) is 31.7 Å². The third-order valence-electron chi connectivity index (χ3n) is 3.76. The summed E-state index contributed by atoms with van der Waals surface area (Å²) in [7, 11) is 1.80. The van der Waals surface area contributed by atoms with E-state index in [-0.39, 0.29) is 0 Å². The quantitative estimate of drug-likeness (QED) is 0.686. The largest absolute Gasteiger partial charge is 0.383 e. The Morgan fingerprint density at radius 2 is 1.89 bits per heavy atom. The van der Waals surface area contributed by atoms with E-state index in [2.05, 4.69) is 31.0 Å². The topological polar surface area (TPSA) is 24.5 Å². The molecule has 0 saturated heterocycles. The predicted octanol–water partition coefficient (Wildman–Crippen LogP) is 2.51. The van der Waals surface area contributed by atoms with Crippen LogP contribution in [0.25, 0.3) is 0 Å². The van der Waals surface area contributed by atoms with Crippen LogP contribution in [0.5, 0.6) is 0 Å². The molecule has 3 heteroatoms. The minimum Gasteiger partial charge on any atom is -0.383 e. The molecule has 1 rings (SSSR count). The van der Waals surface area contributed by atoms with Gasteiger partial charge in [0.2, 0.25) is 0 Å². The van der Waals surface area contributed by atoms with Gasteiger partial charge in [-0.1, -0.05) is 33.6 Å². The Bertz CT molecular complexity index is 197. The maximum absolute atomic E-state index is 5.34. The zero-order chi connectivity index (χ0) is 13.4. The van der Waals surface area contributed by atoms with Crippen LogP contribution in [-0.2, 0) is 4.74 Å². The molecule has 3 nitrogen and oxygen atoms in total. The summed E-state index contributed by atoms with van der Waals surface area (Å²) < 4.78 is 5.34. The number of nitrogens with one attached hydrogen (secondary N) is 1. The zero-order valence-electron chi connectivity index (χ0n) is 12.7. The van der Waals surface area contributed by atoms with Crippen molar-refractivity contribution in [1.82, 2.24) is 10.2 Å². The fourth-order valence-corrected chi connectivity index (χ4v) is 3.06. The molecule has 0 aliphatic heterocycles. The van der Waals surface area contributed by atoms with Gasteiger partial charge in [-0.3, -0.25) is 4.90 Å². The Morgan fingerprint density at radius 3 is 2.39 bits per heavy atom. The molecule has 0 aromatic heterocycles. The summed E-state index contributed by atoms with van der Waals surface area (Å²) in [6.07, 6.45) is 5.60. The maximum atomic E-state index is 5.34. The fraction of sp³-hybridized carbons (Fsp3) is 1.00. The van der Waals surface area contributed by atoms with E-state index >= 15 is 0 Å². The van der Waals surface area contributed by atoms with Crippen molar-refractivity contribution in [2.75, 3.05) is 33.4 Å². The first-order chi connectivity index (χ1) is 8.67. The van der Waals surface area contributed by atoms with Gasteiger partial charge in [0.25, 0.3) is 0 Å². The van der Waals surface area contributed by atoms with Crippen LogP contribution >= 0.6 is 0 Å². The van der Waals surface area contributed by atoms with E-state index in [1.807, 2.05) is 0 Å². The molecule has 18 heavy (non-hydrogen) atoms. The second-order valence-electron chi connectivity index (χ2n) is 6.00. The monoisotopic (exact) mass is 256 g/mol. The number of hydrogen-bond acceptors (Lipinski definition) is 3. The average molecular weight is 256 g/mol. The van der Waals surface area contributed by atoms with Gasteiger partial charge in [-0.15, -0.1) is 0 Å². The van der Waals surface area contributed by atoms with Crippen LogP contribution in [0.15, 0.2) is 0 Å². The lowest BCUT2D eigenvalue weighted by Crippen LogP contribution is -2.48. The lowest BCUT2D eigenvalue weighted by Gasteiger charge is -2.33. The third kappa shape index (κ3) is 5.68. The Labute approximate surface area is 113 Å². The molecule has 0 heterocycles. The van der Waals surface area contributed by atoms with Crippen molar-refractivity contribution in [2.24, 2.45) is 5.92 Å². The van der Waals surface area contributed by atoms with Gasteiger partial charge in [0.15, 0.2) is 0 Å². The van der Waals surface area contributed by atoms with Crippen LogP contribution in [-0.4, -0.2) is 50.3 Å². The minimum absolute atomic E-state index is 0.472. The molecule has 0 amide bonds. The summed E-state index contributed by atoms with van der Waals surface area (Å²) >= 11 is 0. The summed E-state index contributed by atoms with van der Waals surface area (Å²) in [5.74, 6) is 0.746. The lowest BCUT2D eigenvalue weighted by atomic mass is 10.1. The van der Waals surface area contributed by atoms with Crippen molar-refractivity contribution in [2.45, 2.75) is 58.5 Å². The van der Waals surface area contributed by atoms with Gasteiger partial charge in [0, 0.05) is 32.3 Å². The third-order valence-corrected chi connectivity index (χ3v) is 3.76. The highest BCUT2D eigenvalue weighted by molar-refractivity contribution is 4.82. The predicted molar refractivity (Wildman–Crippen MR) is 78.0 cm³/mol. The van der Waals surface area contributed by atoms with Crippen molar-refractivity contribution in [3.05, 3.63) is 0 Å². The molecule has 1 unspecified atom stereocenters. The number of nitrogens with zero attached hydrogens (tertiary/aromatic N) is 1. The van der Waals surface area contributed by atoms with Crippen LogP contribution in [0, 0.1) is 5.92 Å². The molecule has 0 aromatic rings. The Hall–Kier alpha value is -0.120. The molecule has 1 fully saturated rings. The first-order valence-corrected chi connectivity index (χ1v) is 7.63. The molecule has 1 aliphatic rings. The highest BCUT2D eigenvalue weighted by Gasteiger charge is 2.25. The highest BCUT2D eigenvalue weighted by atomic mass is 16.5. The average Bonchev–Trinajstić information content (AvgIpc) is 2.81. The summed E-state index contributed by atoms with van der Waals surface area (Å²) in [5, 5.41) is 3.54. The van der Waals surface area contributed by atoms with Crippen LogP contribution in [0.3, 0.4) is 0 Å². The molecule has 1 N–H and O–H groups in total. The van der Waals surface area contributed by atoms with E-state index in [1.165, 1.54) is 32.2 Å². The molecule has 108 valence electrons. The highest BCUT2D eigenvalue weighted by Crippen LogP contribution is 2.24. The van der Waals surface area contributed by atoms with Gasteiger partial charge in [-0.25, -0.2) is 0 Å². The van der Waals surface area contributed by atoms with E-state index in [9.17, 15) is 0 Å². The van der Waals surface area contributed by atoms with Crippen molar-refractivity contribution < 1.29 is 4.74 Å². The summed E-state index contributed by atoms with van der Waals surface area (Å²) in [5.41, 5.74) is 0. The normalized spacial score (nSPS) is 19.0. The van der Waals surface area contributed by atoms with E-state index in [1.54, 1.807) is 7.11 Å². The van der Waals surface area contributed by atoms with Gasteiger partial charge in [-0.2, -0.15) is 0 Å². The van der Waals surface area contributed by atoms with E-state index in [4.69, 9.17) is 4.74 Å². The molecule has 1 atom stereocenters. The van der Waals surface area contributed by atoms with Gasteiger partial charge < -0.3 is 10.1 Å². The molecule has 0 bridgehead atoms. The minimum atomic E-state index is 0.472. The van der Waals surface area contributed by atoms with Crippen molar-refractivity contribution in [3.8, 4) is 0 Å². The molecule has 0 spiro atoms. The van der Waals surface area contributed by atoms with Crippen LogP contribution < -0.4 is 5.32 Å². The second-order valence-corrected chi connectivity index (χ2v) is 6.00. The molecule has 1 saturated carbocycles. The molecular weight excluding hydrogens is 224 g/mol. The summed E-state index contributed by atoms with van der Waals surface area (Å²) in [6, 6.07) is 1.28. The van der Waals surface area contributed by atoms with Crippen LogP contribution in [0.1, 0.15) is 46.5 Å². The van der Waals surface area contributed by atoms with E-state index < -0.39 is 0 Å². The Morgan fingerprint density at radius 1 is 1.22 bits per heavy atom. The molecule has 0 radical (unpaired) electrons. The standard InChI is InChI=1S/C15H32N2O/c1-5-16-14(12-18-4)11-17(10-13(2)3)15-8-6-7-9-15/h13-16H,5-12H2,1-4H3. The van der Waals surface area contributed by atoms with Crippen molar-refractivity contribution in [3.63, 3.8) is 0 Å². The number of methoxy groups -OCH3 is 1. The SMILES string of the molecule is CCNC(COC)CN(CC(C)C)C1CCCC1. The van der Waals surface area contributed by atoms with Crippen LogP contribution in [0.4, 0.5) is 0 Å². The van der Waals surface area contributed by atoms with Crippen LogP contribution in [0.2, 0.25) is 0 Å². The number of rotatable bonds is 9. The maximum Gasteiger partial charge on any atom is 0.0628 e. The smallest absolute Gasteiger partial charge is 0.0628 e. The second kappa shape index (κ2) is 8.89. The first-order valence-electron chi connectivity index (χ1n) is 7.63. The number of ether oxygens (including phenoxy) is 1. The van der Waals surface area contributed by atoms with Gasteiger partial charge >= 0.3 is 0 Å². The summed E-state index contributed by atoms with van der Waals surface area (Å²) in [6.45, 7) is 11.0. The number of hydrogen-bond donors (Lipinski definition) is 1. The lowest BCUT2D eigenvalue weighted by molar-refractivity contribution is 0.111. The fourth-order valence-electron chi connectivity index (χ4n) is 3.06. The Kier molecular flexibility index (Phi) is 7.87. The Balaban J connectivity index is 2.51. The zero-order valence-corrected chi connectivity index (χ0v) is 12.7.